The van der Waals surface area contributed by atoms with Crippen molar-refractivity contribution < 1.29 is 53.6 Å². The molecule has 4 atom stereocenters. The number of imidazole rings is 1. The summed E-state index contributed by atoms with van der Waals surface area (Å²) in [6.45, 7) is 18.8. The van der Waals surface area contributed by atoms with E-state index in [-0.39, 0.29) is 79.9 Å². The van der Waals surface area contributed by atoms with Crippen LogP contribution in [0.15, 0.2) is 241 Å². The first kappa shape index (κ1) is 92.9. The fourth-order valence-electron chi connectivity index (χ4n) is 18.8. The third kappa shape index (κ3) is 22.1. The number of hydrogen-bond donors (Lipinski definition) is 8. The second-order valence-electron chi connectivity index (χ2n) is 35.1. The van der Waals surface area contributed by atoms with Gasteiger partial charge in [-0.1, -0.05) is 175 Å². The first-order valence-electron chi connectivity index (χ1n) is 46.5. The zero-order valence-electron chi connectivity index (χ0n) is 76.6. The van der Waals surface area contributed by atoms with Gasteiger partial charge in [0.05, 0.1) is 107 Å². The van der Waals surface area contributed by atoms with Crippen LogP contribution in [-0.2, 0) is 127 Å². The van der Waals surface area contributed by atoms with Crippen molar-refractivity contribution in [1.29, 1.82) is 0 Å². The summed E-state index contributed by atoms with van der Waals surface area (Å²) in [6, 6.07) is 57.4. The number of aliphatic hydroxyl groups is 4. The Morgan fingerprint density at radius 1 is 0.504 bits per heavy atom. The molecule has 4 unspecified atom stereocenters. The Balaban J connectivity index is 0.000000125. The molecule has 0 bridgehead atoms. The monoisotopic (exact) mass is 1820 g/mol. The molecular formula is C104H116N20O11. The first-order valence-corrected chi connectivity index (χ1v) is 46.5. The average Bonchev–Trinajstić information content (AvgIpc) is 1.58. The summed E-state index contributed by atoms with van der Waals surface area (Å²) < 4.78 is 22.9. The Bertz CT molecular complexity index is 6460. The molecule has 0 saturated carbocycles. The molecule has 0 saturated heterocycles. The number of aliphatic hydroxyl groups excluding tert-OH is 4. The smallest absolute Gasteiger partial charge is 0.272 e. The number of carbonyl (C=O) groups is 5. The van der Waals surface area contributed by atoms with Gasteiger partial charge in [-0.15, -0.1) is 0 Å². The Kier molecular flexibility index (Phi) is 29.9. The van der Waals surface area contributed by atoms with Gasteiger partial charge in [-0.25, -0.2) is 9.67 Å². The maximum absolute atomic E-state index is 13.3. The Morgan fingerprint density at radius 3 is 1.43 bits per heavy atom. The van der Waals surface area contributed by atoms with Crippen molar-refractivity contribution in [3.05, 3.63) is 355 Å². The molecule has 13 heterocycles. The lowest BCUT2D eigenvalue weighted by molar-refractivity contribution is -0.121. The van der Waals surface area contributed by atoms with Gasteiger partial charge in [0.15, 0.2) is 28.6 Å². The lowest BCUT2D eigenvalue weighted by atomic mass is 9.88. The topological polar surface area (TPSA) is 357 Å². The van der Waals surface area contributed by atoms with Crippen LogP contribution < -0.4 is 21.3 Å². The molecule has 6 aliphatic heterocycles. The van der Waals surface area contributed by atoms with E-state index in [9.17, 15) is 44.4 Å². The normalized spacial score (nSPS) is 16.5. The van der Waals surface area contributed by atoms with Gasteiger partial charge in [0.25, 0.3) is 23.6 Å². The zero-order chi connectivity index (χ0) is 93.4. The van der Waals surface area contributed by atoms with E-state index in [0.29, 0.717) is 107 Å². The van der Waals surface area contributed by atoms with Crippen LogP contribution in [0.2, 0.25) is 0 Å². The summed E-state index contributed by atoms with van der Waals surface area (Å²) in [5, 5.41) is 74.1. The largest absolute Gasteiger partial charge is 0.488 e. The summed E-state index contributed by atoms with van der Waals surface area (Å²) in [4.78, 5) is 79.2. The zero-order valence-corrected chi connectivity index (χ0v) is 76.6. The molecule has 0 fully saturated rings. The molecule has 6 aromatic carbocycles. The van der Waals surface area contributed by atoms with Crippen molar-refractivity contribution >= 4 is 46.6 Å². The van der Waals surface area contributed by atoms with Crippen molar-refractivity contribution in [2.75, 3.05) is 59.2 Å². The molecule has 4 amide bonds. The van der Waals surface area contributed by atoms with Gasteiger partial charge in [0.2, 0.25) is 0 Å². The predicted octanol–water partition coefficient (Wildman–Crippen LogP) is 10.8. The van der Waals surface area contributed by atoms with Crippen LogP contribution in [0.3, 0.4) is 0 Å². The summed E-state index contributed by atoms with van der Waals surface area (Å²) >= 11 is 0. The van der Waals surface area contributed by atoms with E-state index in [1.807, 2.05) is 208 Å². The molecule has 31 heteroatoms. The number of ketones is 1. The van der Waals surface area contributed by atoms with Gasteiger partial charge in [0, 0.05) is 192 Å². The van der Waals surface area contributed by atoms with Gasteiger partial charge in [-0.05, 0) is 85.9 Å². The van der Waals surface area contributed by atoms with Crippen LogP contribution in [-0.4, -0.2) is 193 Å². The standard InChI is InChI=1S/C27H30N6O2.C27H30N4O4.C26H28N4O3.C24H28N6O2/c1-20(22-8-4-2-5-9-22)29-27(35)26-24-19-31(13-12-25(24)32(30-26)14-15-34)17-21-16-28-33(18-21)23-10-6-3-7-11-23;1-18-7-8-25-21(13-18)24(33)14-20(35-25)16-30-10-9-23-22(17-30)26(29-31(23)11-12-32)27(34)28-15-19-5-3-2-4-6-19;1-18(20-5-3-2-4-6-20)27-26(32)25-22-17-29(11-9-23(22)30(28-25)12-13-31)16-19-7-8-21-10-14-33-24(21)15-19;1-17-21(29-10-5-8-22(29)26-17)16-28-11-9-20-19(15-28)23(27-30(20)12-13-31)24(32)25-14-18-6-3-2-4-7-18/h2-11,16,18,20,34H,12-15,17,19H2,1H3,(H,29,35);2-8,13-14,21,25,32H,9-12,15-17H2,1H3,(H,28,34);2-8,10,14-15,18,31H,9,11-13,16-17H2,1H3,(H,27,32);2-7,10,31H,8-9,11-16H2,1H3,(H,25,32). The van der Waals surface area contributed by atoms with Crippen LogP contribution in [0.5, 0.6) is 0 Å². The number of amides is 4. The Morgan fingerprint density at radius 2 is 0.948 bits per heavy atom. The number of allylic oxidation sites excluding steroid dienone is 4. The number of benzene rings is 6. The maximum Gasteiger partial charge on any atom is 0.272 e. The third-order valence-corrected chi connectivity index (χ3v) is 25.7. The van der Waals surface area contributed by atoms with Crippen LogP contribution in [0.4, 0.5) is 0 Å². The third-order valence-electron chi connectivity index (χ3n) is 25.7. The molecule has 0 spiro atoms. The molecule has 698 valence electrons. The van der Waals surface area contributed by atoms with Crippen molar-refractivity contribution in [2.24, 2.45) is 5.92 Å². The van der Waals surface area contributed by atoms with Crippen molar-refractivity contribution in [2.45, 2.75) is 163 Å². The van der Waals surface area contributed by atoms with Crippen molar-refractivity contribution in [3.8, 4) is 5.69 Å². The highest BCUT2D eigenvalue weighted by atomic mass is 16.5. The number of fused-ring (bicyclic) bond motifs is 7. The Hall–Kier alpha value is -13.9. The second-order valence-corrected chi connectivity index (χ2v) is 35.1. The van der Waals surface area contributed by atoms with E-state index in [2.05, 4.69) is 115 Å². The van der Waals surface area contributed by atoms with Gasteiger partial charge >= 0.3 is 0 Å². The highest BCUT2D eigenvalue weighted by molar-refractivity contribution is 5.97. The molecular weight excluding hydrogens is 1710 g/mol. The minimum absolute atomic E-state index is 0.00357. The minimum Gasteiger partial charge on any atom is -0.488 e. The number of furan rings is 1. The number of nitrogens with zero attached hydrogens (tertiary/aromatic N) is 16. The average molecular weight is 1820 g/mol. The van der Waals surface area contributed by atoms with E-state index in [4.69, 9.17) is 14.1 Å². The highest BCUT2D eigenvalue weighted by Gasteiger charge is 2.37. The predicted molar refractivity (Wildman–Crippen MR) is 510 cm³/mol. The van der Waals surface area contributed by atoms with Crippen LogP contribution in [0.1, 0.15) is 170 Å². The first-order chi connectivity index (χ1) is 65.9. The molecule has 31 nitrogen and oxygen atoms in total. The highest BCUT2D eigenvalue weighted by Crippen LogP contribution is 2.34. The number of hydrogen-bond acceptors (Lipinski definition) is 21. The molecule has 8 N–H and O–H groups in total. The molecule has 13 aromatic rings. The molecule has 7 aromatic heterocycles. The maximum atomic E-state index is 13.3. The molecule has 0 radical (unpaired) electrons. The van der Waals surface area contributed by atoms with Crippen molar-refractivity contribution in [1.82, 2.24) is 99.3 Å². The van der Waals surface area contributed by atoms with E-state index in [1.54, 1.807) is 31.1 Å². The SMILES string of the molecule is CC(NC(=O)c1nn(CCO)c2c1CN(Cc1ccc3ccoc3c1)CC2)c1ccccc1.CC(NC(=O)c1nn(CCO)c2c1CN(Cc1cnn(-c3ccccc3)c1)CC2)c1ccccc1.CC1=CC2C(=O)C=C(CN3CCc4c(c(C(=O)NCc5ccccc5)nn4CCO)C3)OC2C=C1.Cc1nc2n(c1CN1CCc3c(c(C(=O)NCc4ccccc4)nn3CCO)C1)C=CC2. The summed E-state index contributed by atoms with van der Waals surface area (Å²) in [6.07, 6.45) is 21.1. The lowest BCUT2D eigenvalue weighted by Crippen LogP contribution is -2.38. The molecule has 7 aliphatic rings. The number of para-hydroxylation sites is 1. The second kappa shape index (κ2) is 43.4. The molecule has 20 rings (SSSR count). The van der Waals surface area contributed by atoms with Gasteiger partial charge in [-0.3, -0.25) is 62.3 Å². The number of aryl methyl sites for hydroxylation is 1. The number of ether oxygens (including phenoxy) is 1. The molecule has 1 aliphatic carbocycles. The number of aromatic nitrogens is 12. The van der Waals surface area contributed by atoms with Crippen LogP contribution >= 0.6 is 0 Å². The van der Waals surface area contributed by atoms with Crippen molar-refractivity contribution in [3.63, 3.8) is 0 Å². The molecule has 135 heavy (non-hydrogen) atoms. The fourth-order valence-corrected chi connectivity index (χ4v) is 18.8. The number of rotatable bonds is 29. The summed E-state index contributed by atoms with van der Waals surface area (Å²) in [5.74, 6) is 0.772. The lowest BCUT2D eigenvalue weighted by Gasteiger charge is -2.33. The van der Waals surface area contributed by atoms with E-state index < -0.39 is 0 Å². The van der Waals surface area contributed by atoms with E-state index >= 15 is 0 Å². The van der Waals surface area contributed by atoms with Gasteiger partial charge in [0.1, 0.15) is 23.3 Å². The summed E-state index contributed by atoms with van der Waals surface area (Å²) in [7, 11) is 0. The van der Waals surface area contributed by atoms with Crippen LogP contribution in [0.25, 0.3) is 22.9 Å². The number of nitrogens with one attached hydrogen (secondary N) is 4. The van der Waals surface area contributed by atoms with Gasteiger partial charge in [-0.2, -0.15) is 25.5 Å². The van der Waals surface area contributed by atoms with Crippen LogP contribution in [0, 0.1) is 12.8 Å². The fraction of sp³-hybridized carbons (Fsp3) is 0.337. The Labute approximate surface area is 783 Å². The number of carbonyl (C=O) groups excluding carboxylic acids is 5. The van der Waals surface area contributed by atoms with Gasteiger partial charge < -0.3 is 55.4 Å². The van der Waals surface area contributed by atoms with E-state index in [0.717, 1.165) is 178 Å². The quantitative estimate of drug-likeness (QED) is 0.0216. The summed E-state index contributed by atoms with van der Waals surface area (Å²) in [5.41, 5.74) is 21.3. The minimum atomic E-state index is -0.266. The van der Waals surface area contributed by atoms with E-state index in [1.165, 1.54) is 11.3 Å².